The van der Waals surface area contributed by atoms with Gasteiger partial charge in [-0.3, -0.25) is 5.32 Å². The summed E-state index contributed by atoms with van der Waals surface area (Å²) in [4.78, 5) is 1.30. The number of hydrogen-bond acceptors (Lipinski definition) is 3. The maximum absolute atomic E-state index is 9.27. The molecule has 20 heavy (non-hydrogen) atoms. The lowest BCUT2D eigenvalue weighted by molar-refractivity contribution is 0.372. The molecule has 0 aliphatic rings. The molecule has 1 N–H and O–H groups in total. The Morgan fingerprint density at radius 1 is 1.30 bits per heavy atom. The third-order valence-electron chi connectivity index (χ3n) is 3.01. The topological polar surface area (TPSA) is 35.8 Å². The molecule has 0 bridgehead atoms. The standard InChI is InChI=1S/C16H23BrN2S/c1-13(2)19-16(3,12-18)10-4-5-11-20-15-8-6-14(17)7-9-15/h6-9,13,19H,4-5,10-11H2,1-3H3. The smallest absolute Gasteiger partial charge is 0.104 e. The van der Waals surface area contributed by atoms with Crippen LogP contribution in [-0.4, -0.2) is 17.3 Å². The first-order chi connectivity index (χ1) is 9.45. The summed E-state index contributed by atoms with van der Waals surface area (Å²) in [7, 11) is 0. The molecule has 1 aromatic carbocycles. The molecule has 0 aromatic heterocycles. The molecule has 110 valence electrons. The van der Waals surface area contributed by atoms with Crippen molar-refractivity contribution in [2.75, 3.05) is 5.75 Å². The van der Waals surface area contributed by atoms with Crippen molar-refractivity contribution in [1.29, 1.82) is 5.26 Å². The van der Waals surface area contributed by atoms with Gasteiger partial charge in [-0.1, -0.05) is 15.9 Å². The van der Waals surface area contributed by atoms with Crippen LogP contribution in [-0.2, 0) is 0 Å². The molecule has 4 heteroatoms. The highest BCUT2D eigenvalue weighted by Crippen LogP contribution is 2.23. The Kier molecular flexibility index (Phi) is 7.65. The maximum atomic E-state index is 9.27. The van der Waals surface area contributed by atoms with E-state index in [0.29, 0.717) is 6.04 Å². The van der Waals surface area contributed by atoms with Gasteiger partial charge in [-0.25, -0.2) is 0 Å². The third kappa shape index (κ3) is 6.78. The molecule has 0 fully saturated rings. The number of nitrogens with one attached hydrogen (secondary N) is 1. The monoisotopic (exact) mass is 354 g/mol. The summed E-state index contributed by atoms with van der Waals surface area (Å²) < 4.78 is 1.12. The van der Waals surface area contributed by atoms with Gasteiger partial charge >= 0.3 is 0 Å². The van der Waals surface area contributed by atoms with Crippen molar-refractivity contribution in [3.63, 3.8) is 0 Å². The molecular weight excluding hydrogens is 332 g/mol. The van der Waals surface area contributed by atoms with Gasteiger partial charge in [0.1, 0.15) is 5.54 Å². The normalized spacial score (nSPS) is 14.0. The van der Waals surface area contributed by atoms with E-state index in [0.717, 1.165) is 29.5 Å². The van der Waals surface area contributed by atoms with Crippen LogP contribution >= 0.6 is 27.7 Å². The zero-order valence-electron chi connectivity index (χ0n) is 12.4. The molecule has 0 spiro atoms. The predicted molar refractivity (Wildman–Crippen MR) is 91.0 cm³/mol. The van der Waals surface area contributed by atoms with Gasteiger partial charge in [0.2, 0.25) is 0 Å². The van der Waals surface area contributed by atoms with E-state index in [1.807, 2.05) is 18.7 Å². The van der Waals surface area contributed by atoms with Crippen LogP contribution in [0.1, 0.15) is 40.0 Å². The van der Waals surface area contributed by atoms with E-state index in [4.69, 9.17) is 0 Å². The molecule has 1 aromatic rings. The number of rotatable bonds is 8. The van der Waals surface area contributed by atoms with E-state index in [9.17, 15) is 5.26 Å². The van der Waals surface area contributed by atoms with E-state index in [-0.39, 0.29) is 0 Å². The molecular formula is C16H23BrN2S. The van der Waals surface area contributed by atoms with E-state index >= 15 is 0 Å². The second-order valence-electron chi connectivity index (χ2n) is 5.50. The van der Waals surface area contributed by atoms with Crippen LogP contribution in [0.5, 0.6) is 0 Å². The van der Waals surface area contributed by atoms with Crippen LogP contribution in [0, 0.1) is 11.3 Å². The van der Waals surface area contributed by atoms with Gasteiger partial charge in [0.25, 0.3) is 0 Å². The summed E-state index contributed by atoms with van der Waals surface area (Å²) in [6, 6.07) is 11.2. The van der Waals surface area contributed by atoms with Crippen LogP contribution in [0.25, 0.3) is 0 Å². The Morgan fingerprint density at radius 3 is 2.50 bits per heavy atom. The number of thioether (sulfide) groups is 1. The molecule has 0 aliphatic heterocycles. The van der Waals surface area contributed by atoms with Gasteiger partial charge in [0.15, 0.2) is 0 Å². The van der Waals surface area contributed by atoms with Crippen molar-refractivity contribution in [1.82, 2.24) is 5.32 Å². The lowest BCUT2D eigenvalue weighted by Crippen LogP contribution is -2.44. The molecule has 0 heterocycles. The largest absolute Gasteiger partial charge is 0.297 e. The summed E-state index contributed by atoms with van der Waals surface area (Å²) in [5.41, 5.74) is -0.392. The number of unbranched alkanes of at least 4 members (excludes halogenated alkanes) is 1. The average molecular weight is 355 g/mol. The van der Waals surface area contributed by atoms with Crippen LogP contribution in [0.15, 0.2) is 33.6 Å². The highest BCUT2D eigenvalue weighted by molar-refractivity contribution is 9.10. The number of benzene rings is 1. The minimum absolute atomic E-state index is 0.344. The first-order valence-corrected chi connectivity index (χ1v) is 8.80. The van der Waals surface area contributed by atoms with Crippen molar-refractivity contribution in [3.8, 4) is 6.07 Å². The van der Waals surface area contributed by atoms with Gasteiger partial charge in [-0.2, -0.15) is 5.26 Å². The second kappa shape index (κ2) is 8.71. The molecule has 1 atom stereocenters. The zero-order chi connectivity index (χ0) is 15.0. The van der Waals surface area contributed by atoms with Crippen LogP contribution in [0.3, 0.4) is 0 Å². The Hall–Kier alpha value is -0.500. The molecule has 0 saturated heterocycles. The van der Waals surface area contributed by atoms with Gasteiger partial charge in [-0.15, -0.1) is 11.8 Å². The van der Waals surface area contributed by atoms with E-state index in [2.05, 4.69) is 65.4 Å². The Bertz CT molecular complexity index is 439. The van der Waals surface area contributed by atoms with Crippen molar-refractivity contribution < 1.29 is 0 Å². The molecule has 0 amide bonds. The van der Waals surface area contributed by atoms with Crippen LogP contribution in [0.2, 0.25) is 0 Å². The van der Waals surface area contributed by atoms with Crippen molar-refractivity contribution >= 4 is 27.7 Å². The number of nitrogens with zero attached hydrogens (tertiary/aromatic N) is 1. The molecule has 0 radical (unpaired) electrons. The lowest BCUT2D eigenvalue weighted by Gasteiger charge is -2.25. The van der Waals surface area contributed by atoms with Crippen molar-refractivity contribution in [2.24, 2.45) is 0 Å². The first kappa shape index (κ1) is 17.6. The van der Waals surface area contributed by atoms with E-state index in [1.54, 1.807) is 0 Å². The highest BCUT2D eigenvalue weighted by Gasteiger charge is 2.23. The van der Waals surface area contributed by atoms with Crippen molar-refractivity contribution in [3.05, 3.63) is 28.7 Å². The number of nitriles is 1. The summed E-state index contributed by atoms with van der Waals surface area (Å²) in [5.74, 6) is 1.10. The maximum Gasteiger partial charge on any atom is 0.104 e. The van der Waals surface area contributed by atoms with Gasteiger partial charge in [0.05, 0.1) is 6.07 Å². The van der Waals surface area contributed by atoms with Gasteiger partial charge < -0.3 is 0 Å². The second-order valence-corrected chi connectivity index (χ2v) is 7.59. The molecule has 0 aliphatic carbocycles. The first-order valence-electron chi connectivity index (χ1n) is 7.02. The Balaban J connectivity index is 2.24. The molecule has 1 unspecified atom stereocenters. The quantitative estimate of drug-likeness (QED) is 0.527. The summed E-state index contributed by atoms with van der Waals surface area (Å²) in [5, 5.41) is 12.6. The third-order valence-corrected chi connectivity index (χ3v) is 4.63. The summed E-state index contributed by atoms with van der Waals surface area (Å²) in [6.07, 6.45) is 3.12. The molecule has 0 saturated carbocycles. The zero-order valence-corrected chi connectivity index (χ0v) is 14.9. The van der Waals surface area contributed by atoms with Gasteiger partial charge in [-0.05, 0) is 70.1 Å². The van der Waals surface area contributed by atoms with E-state index in [1.165, 1.54) is 4.90 Å². The SMILES string of the molecule is CC(C)NC(C)(C#N)CCCCSc1ccc(Br)cc1. The predicted octanol–water partition coefficient (Wildman–Crippen LogP) is 4.99. The van der Waals surface area contributed by atoms with E-state index < -0.39 is 5.54 Å². The summed E-state index contributed by atoms with van der Waals surface area (Å²) in [6.45, 7) is 6.16. The van der Waals surface area contributed by atoms with Gasteiger partial charge in [0, 0.05) is 15.4 Å². The average Bonchev–Trinajstić information content (AvgIpc) is 2.40. The number of halogens is 1. The fourth-order valence-electron chi connectivity index (χ4n) is 2.10. The Morgan fingerprint density at radius 2 is 1.95 bits per heavy atom. The molecule has 1 rings (SSSR count). The van der Waals surface area contributed by atoms with Crippen LogP contribution in [0.4, 0.5) is 0 Å². The fraction of sp³-hybridized carbons (Fsp3) is 0.562. The molecule has 2 nitrogen and oxygen atoms in total. The minimum Gasteiger partial charge on any atom is -0.297 e. The lowest BCUT2D eigenvalue weighted by atomic mass is 9.96. The summed E-state index contributed by atoms with van der Waals surface area (Å²) >= 11 is 5.32. The Labute approximate surface area is 135 Å². The number of hydrogen-bond donors (Lipinski definition) is 1. The minimum atomic E-state index is -0.392. The highest BCUT2D eigenvalue weighted by atomic mass is 79.9. The van der Waals surface area contributed by atoms with Crippen LogP contribution < -0.4 is 5.32 Å². The van der Waals surface area contributed by atoms with Crippen molar-refractivity contribution in [2.45, 2.75) is 56.5 Å². The fourth-order valence-corrected chi connectivity index (χ4v) is 3.28.